The summed E-state index contributed by atoms with van der Waals surface area (Å²) in [5.74, 6) is -2.79. The van der Waals surface area contributed by atoms with Crippen LogP contribution < -0.4 is 0 Å². The molecule has 0 N–H and O–H groups in total. The van der Waals surface area contributed by atoms with E-state index in [1.807, 2.05) is 85.0 Å². The van der Waals surface area contributed by atoms with Crippen LogP contribution in [0, 0.1) is 23.3 Å². The topological polar surface area (TPSA) is 0 Å². The second-order valence-electron chi connectivity index (χ2n) is 8.83. The quantitative estimate of drug-likeness (QED) is 0.159. The zero-order valence-electron chi connectivity index (χ0n) is 20.2. The van der Waals surface area contributed by atoms with Gasteiger partial charge in [0.2, 0.25) is 0 Å². The smallest absolute Gasteiger partial charge is 0.126 e. The van der Waals surface area contributed by atoms with E-state index in [1.54, 1.807) is 12.1 Å². The molecule has 186 valence electrons. The van der Waals surface area contributed by atoms with E-state index in [9.17, 15) is 17.6 Å². The van der Waals surface area contributed by atoms with Crippen LogP contribution in [0.15, 0.2) is 109 Å². The molecule has 0 heterocycles. The molecule has 0 unspecified atom stereocenters. The standard InChI is InChI=1S/C34H22F4/c35-29-15-27(16-30(36)21-29)33-20-26(14-12-24-9-5-2-6-10-24)34(28-17-31(37)22-32(38)18-28)19-25(33)13-11-23-7-3-1-4-8-23/h1-22H/b13-11-,14-12-. The first-order valence-corrected chi connectivity index (χ1v) is 12.0. The van der Waals surface area contributed by atoms with Crippen molar-refractivity contribution in [2.75, 3.05) is 0 Å². The fourth-order valence-corrected chi connectivity index (χ4v) is 4.33. The van der Waals surface area contributed by atoms with Gasteiger partial charge in [-0.3, -0.25) is 0 Å². The molecule has 0 spiro atoms. The summed E-state index contributed by atoms with van der Waals surface area (Å²) in [7, 11) is 0. The van der Waals surface area contributed by atoms with Crippen LogP contribution in [0.2, 0.25) is 0 Å². The Morgan fingerprint density at radius 2 is 0.711 bits per heavy atom. The predicted molar refractivity (Wildman–Crippen MR) is 148 cm³/mol. The van der Waals surface area contributed by atoms with E-state index >= 15 is 0 Å². The van der Waals surface area contributed by atoms with Crippen molar-refractivity contribution in [1.82, 2.24) is 0 Å². The maximum absolute atomic E-state index is 14.2. The summed E-state index contributed by atoms with van der Waals surface area (Å²) in [6.45, 7) is 0. The van der Waals surface area contributed by atoms with E-state index in [-0.39, 0.29) is 0 Å². The van der Waals surface area contributed by atoms with Gasteiger partial charge in [0.05, 0.1) is 0 Å². The minimum absolute atomic E-state index is 0.349. The zero-order chi connectivity index (χ0) is 26.5. The average Bonchev–Trinajstić information content (AvgIpc) is 2.90. The summed E-state index contributed by atoms with van der Waals surface area (Å²) < 4.78 is 57.0. The van der Waals surface area contributed by atoms with E-state index in [1.165, 1.54) is 24.3 Å². The van der Waals surface area contributed by atoms with Crippen LogP contribution in [0.3, 0.4) is 0 Å². The third kappa shape index (κ3) is 5.98. The summed E-state index contributed by atoms with van der Waals surface area (Å²) >= 11 is 0. The highest BCUT2D eigenvalue weighted by Gasteiger charge is 2.14. The maximum Gasteiger partial charge on any atom is 0.126 e. The third-order valence-electron chi connectivity index (χ3n) is 6.08. The Morgan fingerprint density at radius 1 is 0.368 bits per heavy atom. The Labute approximate surface area is 218 Å². The van der Waals surface area contributed by atoms with Crippen molar-refractivity contribution in [2.24, 2.45) is 0 Å². The van der Waals surface area contributed by atoms with Gasteiger partial charge in [-0.25, -0.2) is 17.6 Å². The van der Waals surface area contributed by atoms with Crippen LogP contribution in [0.4, 0.5) is 17.6 Å². The number of hydrogen-bond acceptors (Lipinski definition) is 0. The first kappa shape index (κ1) is 25.0. The minimum atomic E-state index is -0.698. The molecule has 0 aliphatic heterocycles. The first-order chi connectivity index (χ1) is 18.4. The van der Waals surface area contributed by atoms with Gasteiger partial charge in [0.1, 0.15) is 23.3 Å². The molecule has 0 amide bonds. The minimum Gasteiger partial charge on any atom is -0.207 e. The van der Waals surface area contributed by atoms with Crippen molar-refractivity contribution in [3.05, 3.63) is 155 Å². The Hall–Kier alpha value is -4.70. The van der Waals surface area contributed by atoms with Gasteiger partial charge in [-0.15, -0.1) is 0 Å². The highest BCUT2D eigenvalue weighted by Crippen LogP contribution is 2.36. The van der Waals surface area contributed by atoms with Gasteiger partial charge >= 0.3 is 0 Å². The maximum atomic E-state index is 14.2. The molecule has 0 saturated carbocycles. The number of hydrogen-bond donors (Lipinski definition) is 0. The van der Waals surface area contributed by atoms with Gasteiger partial charge in [0.15, 0.2) is 0 Å². The van der Waals surface area contributed by atoms with Crippen LogP contribution in [-0.4, -0.2) is 0 Å². The molecule has 5 aromatic rings. The van der Waals surface area contributed by atoms with E-state index in [4.69, 9.17) is 0 Å². The van der Waals surface area contributed by atoms with Gasteiger partial charge in [-0.2, -0.15) is 0 Å². The summed E-state index contributed by atoms with van der Waals surface area (Å²) in [5.41, 5.74) is 4.97. The highest BCUT2D eigenvalue weighted by atomic mass is 19.1. The second-order valence-corrected chi connectivity index (χ2v) is 8.83. The van der Waals surface area contributed by atoms with Crippen molar-refractivity contribution >= 4 is 24.3 Å². The molecule has 0 aliphatic carbocycles. The molecule has 0 saturated heterocycles. The molecule has 5 rings (SSSR count). The predicted octanol–water partition coefficient (Wildman–Crippen LogP) is 9.92. The first-order valence-electron chi connectivity index (χ1n) is 12.0. The molecule has 0 aromatic heterocycles. The normalized spacial score (nSPS) is 11.5. The van der Waals surface area contributed by atoms with Crippen LogP contribution in [0.25, 0.3) is 46.6 Å². The molecule has 5 aromatic carbocycles. The van der Waals surface area contributed by atoms with Gasteiger partial charge in [0.25, 0.3) is 0 Å². The molecular formula is C34H22F4. The van der Waals surface area contributed by atoms with E-state index in [2.05, 4.69) is 0 Å². The number of rotatable bonds is 6. The molecule has 0 fully saturated rings. The van der Waals surface area contributed by atoms with Crippen LogP contribution in [-0.2, 0) is 0 Å². The SMILES string of the molecule is Fc1cc(F)cc(-c2cc(/C=C\c3ccccc3)c(-c3cc(F)cc(F)c3)cc2/C=C\c2ccccc2)c1. The Bertz CT molecular complexity index is 1470. The molecule has 0 radical (unpaired) electrons. The van der Waals surface area contributed by atoms with E-state index < -0.39 is 23.3 Å². The van der Waals surface area contributed by atoms with Crippen LogP contribution >= 0.6 is 0 Å². The fourth-order valence-electron chi connectivity index (χ4n) is 4.33. The van der Waals surface area contributed by atoms with Crippen LogP contribution in [0.1, 0.15) is 22.3 Å². The zero-order valence-corrected chi connectivity index (χ0v) is 20.2. The fraction of sp³-hybridized carbons (Fsp3) is 0. The van der Waals surface area contributed by atoms with Crippen molar-refractivity contribution in [1.29, 1.82) is 0 Å². The number of benzene rings is 5. The molecule has 38 heavy (non-hydrogen) atoms. The van der Waals surface area contributed by atoms with E-state index in [0.717, 1.165) is 23.3 Å². The summed E-state index contributed by atoms with van der Waals surface area (Å²) in [5, 5.41) is 0. The highest BCUT2D eigenvalue weighted by molar-refractivity contribution is 5.90. The largest absolute Gasteiger partial charge is 0.207 e. The Morgan fingerprint density at radius 3 is 1.05 bits per heavy atom. The lowest BCUT2D eigenvalue weighted by molar-refractivity contribution is 0.583. The van der Waals surface area contributed by atoms with Gasteiger partial charge < -0.3 is 0 Å². The molecule has 0 aliphatic rings. The van der Waals surface area contributed by atoms with E-state index in [0.29, 0.717) is 33.4 Å². The molecule has 4 heteroatoms. The summed E-state index contributed by atoms with van der Waals surface area (Å²) in [4.78, 5) is 0. The summed E-state index contributed by atoms with van der Waals surface area (Å²) in [6, 6.07) is 29.4. The third-order valence-corrected chi connectivity index (χ3v) is 6.08. The lowest BCUT2D eigenvalue weighted by Crippen LogP contribution is -1.94. The second kappa shape index (κ2) is 11.1. The monoisotopic (exact) mass is 506 g/mol. The van der Waals surface area contributed by atoms with Crippen LogP contribution in [0.5, 0.6) is 0 Å². The molecule has 0 bridgehead atoms. The lowest BCUT2D eigenvalue weighted by atomic mass is 9.89. The average molecular weight is 507 g/mol. The van der Waals surface area contributed by atoms with Crippen molar-refractivity contribution in [2.45, 2.75) is 0 Å². The van der Waals surface area contributed by atoms with Crippen molar-refractivity contribution in [3.63, 3.8) is 0 Å². The van der Waals surface area contributed by atoms with Gasteiger partial charge in [-0.05, 0) is 80.9 Å². The molecular weight excluding hydrogens is 484 g/mol. The van der Waals surface area contributed by atoms with Crippen molar-refractivity contribution < 1.29 is 17.6 Å². The Kier molecular flexibility index (Phi) is 7.32. The summed E-state index contributed by atoms with van der Waals surface area (Å²) in [6.07, 6.45) is 7.42. The number of halogens is 4. The molecule has 0 atom stereocenters. The lowest BCUT2D eigenvalue weighted by Gasteiger charge is -2.15. The van der Waals surface area contributed by atoms with Crippen molar-refractivity contribution in [3.8, 4) is 22.3 Å². The van der Waals surface area contributed by atoms with Gasteiger partial charge in [0, 0.05) is 12.1 Å². The molecule has 0 nitrogen and oxygen atoms in total. The Balaban J connectivity index is 1.75. The van der Waals surface area contributed by atoms with Gasteiger partial charge in [-0.1, -0.05) is 85.0 Å².